The molecule has 1 amide bonds. The molecule has 0 bridgehead atoms. The summed E-state index contributed by atoms with van der Waals surface area (Å²) in [7, 11) is 1.86. The number of carbonyl (C=O) groups excluding carboxylic acids is 1. The maximum absolute atomic E-state index is 14.3. The molecule has 0 aliphatic carbocycles. The molecule has 1 fully saturated rings. The number of benzene rings is 1. The van der Waals surface area contributed by atoms with Crippen molar-refractivity contribution in [3.05, 3.63) is 50.4 Å². The molecule has 1 saturated heterocycles. The monoisotopic (exact) mass is 441 g/mol. The van der Waals surface area contributed by atoms with Crippen molar-refractivity contribution >= 4 is 38.9 Å². The SMILES string of the molecule is CN(CC(c1cccs1)N1CCOCC1)c1cc(Br)cc(F)c1C(N)=O. The third kappa shape index (κ3) is 4.25. The van der Waals surface area contributed by atoms with Crippen molar-refractivity contribution in [1.82, 2.24) is 4.90 Å². The van der Waals surface area contributed by atoms with Gasteiger partial charge in [0.25, 0.3) is 5.91 Å². The van der Waals surface area contributed by atoms with Crippen LogP contribution in [0.1, 0.15) is 21.3 Å². The highest BCUT2D eigenvalue weighted by Crippen LogP contribution is 2.31. The summed E-state index contributed by atoms with van der Waals surface area (Å²) in [5, 5.41) is 2.05. The average molecular weight is 442 g/mol. The van der Waals surface area contributed by atoms with Gasteiger partial charge in [-0.25, -0.2) is 4.39 Å². The van der Waals surface area contributed by atoms with E-state index in [0.717, 1.165) is 13.1 Å². The van der Waals surface area contributed by atoms with Gasteiger partial charge in [0.2, 0.25) is 0 Å². The van der Waals surface area contributed by atoms with Gasteiger partial charge in [-0.1, -0.05) is 22.0 Å². The van der Waals surface area contributed by atoms with Gasteiger partial charge in [-0.2, -0.15) is 0 Å². The molecule has 1 aliphatic rings. The molecule has 5 nitrogen and oxygen atoms in total. The number of morpholine rings is 1. The molecule has 1 aromatic carbocycles. The number of halogens is 2. The summed E-state index contributed by atoms with van der Waals surface area (Å²) in [5.74, 6) is -1.39. The van der Waals surface area contributed by atoms with Gasteiger partial charge in [-0.05, 0) is 23.6 Å². The van der Waals surface area contributed by atoms with Gasteiger partial charge in [0, 0.05) is 36.0 Å². The van der Waals surface area contributed by atoms with Crippen LogP contribution < -0.4 is 10.6 Å². The molecule has 1 unspecified atom stereocenters. The predicted octanol–water partition coefficient (Wildman–Crippen LogP) is 3.26. The van der Waals surface area contributed by atoms with Crippen LogP contribution in [0.2, 0.25) is 0 Å². The first kappa shape index (κ1) is 19.3. The second kappa shape index (κ2) is 8.47. The molecule has 0 radical (unpaired) electrons. The van der Waals surface area contributed by atoms with E-state index in [9.17, 15) is 9.18 Å². The van der Waals surface area contributed by atoms with Crippen LogP contribution >= 0.6 is 27.3 Å². The van der Waals surface area contributed by atoms with Crippen molar-refractivity contribution in [3.8, 4) is 0 Å². The molecule has 1 atom stereocenters. The first-order valence-corrected chi connectivity index (χ1v) is 10.00. The van der Waals surface area contributed by atoms with Gasteiger partial charge in [0.1, 0.15) is 5.82 Å². The number of anilines is 1. The fourth-order valence-electron chi connectivity index (χ4n) is 3.22. The highest BCUT2D eigenvalue weighted by Gasteiger charge is 2.27. The molecule has 140 valence electrons. The fourth-order valence-corrected chi connectivity index (χ4v) is 4.49. The van der Waals surface area contributed by atoms with Crippen molar-refractivity contribution in [2.45, 2.75) is 6.04 Å². The van der Waals surface area contributed by atoms with Crippen molar-refractivity contribution in [3.63, 3.8) is 0 Å². The van der Waals surface area contributed by atoms with E-state index < -0.39 is 11.7 Å². The summed E-state index contributed by atoms with van der Waals surface area (Å²) >= 11 is 5.00. The summed E-state index contributed by atoms with van der Waals surface area (Å²) in [6.45, 7) is 3.68. The fraction of sp³-hybridized carbons (Fsp3) is 0.389. The van der Waals surface area contributed by atoms with Crippen LogP contribution in [0.4, 0.5) is 10.1 Å². The van der Waals surface area contributed by atoms with E-state index in [1.807, 2.05) is 18.0 Å². The largest absolute Gasteiger partial charge is 0.379 e. The molecule has 26 heavy (non-hydrogen) atoms. The number of hydrogen-bond donors (Lipinski definition) is 1. The standard InChI is InChI=1S/C18H21BrFN3O2S/c1-22(14-10-12(19)9-13(20)17(14)18(21)24)11-15(16-3-2-8-26-16)23-4-6-25-7-5-23/h2-3,8-10,15H,4-7,11H2,1H3,(H2,21,24). The third-order valence-corrected chi connectivity index (χ3v) is 5.93. The first-order chi connectivity index (χ1) is 12.5. The summed E-state index contributed by atoms with van der Waals surface area (Å²) in [6.07, 6.45) is 0. The number of thiophene rings is 1. The van der Waals surface area contributed by atoms with Crippen LogP contribution in [-0.2, 0) is 4.74 Å². The van der Waals surface area contributed by atoms with Crippen LogP contribution in [0.3, 0.4) is 0 Å². The average Bonchev–Trinajstić information content (AvgIpc) is 3.13. The Morgan fingerprint density at radius 3 is 2.81 bits per heavy atom. The van der Waals surface area contributed by atoms with E-state index in [-0.39, 0.29) is 11.6 Å². The Hall–Kier alpha value is -1.48. The molecule has 1 aliphatic heterocycles. The molecule has 1 aromatic heterocycles. The summed E-state index contributed by atoms with van der Waals surface area (Å²) in [6, 6.07) is 7.26. The van der Waals surface area contributed by atoms with Gasteiger partial charge >= 0.3 is 0 Å². The molecule has 0 saturated carbocycles. The normalized spacial score (nSPS) is 16.4. The van der Waals surface area contributed by atoms with Crippen LogP contribution in [0, 0.1) is 5.82 Å². The van der Waals surface area contributed by atoms with Crippen molar-refractivity contribution in [2.24, 2.45) is 5.73 Å². The number of hydrogen-bond acceptors (Lipinski definition) is 5. The molecule has 2 heterocycles. The number of likely N-dealkylation sites (N-methyl/N-ethyl adjacent to an activating group) is 1. The Morgan fingerprint density at radius 2 is 2.19 bits per heavy atom. The Kier molecular flexibility index (Phi) is 6.29. The lowest BCUT2D eigenvalue weighted by molar-refractivity contribution is 0.0184. The lowest BCUT2D eigenvalue weighted by Crippen LogP contribution is -2.43. The molecule has 0 spiro atoms. The highest BCUT2D eigenvalue weighted by atomic mass is 79.9. The van der Waals surface area contributed by atoms with Gasteiger partial charge in [-0.3, -0.25) is 9.69 Å². The van der Waals surface area contributed by atoms with Crippen molar-refractivity contribution in [2.75, 3.05) is 44.8 Å². The third-order valence-electron chi connectivity index (χ3n) is 4.50. The van der Waals surface area contributed by atoms with Crippen LogP contribution in [-0.4, -0.2) is 50.7 Å². The molecular formula is C18H21BrFN3O2S. The predicted molar refractivity (Wildman–Crippen MR) is 105 cm³/mol. The minimum atomic E-state index is -0.768. The molecule has 2 aromatic rings. The van der Waals surface area contributed by atoms with E-state index in [1.165, 1.54) is 10.9 Å². The van der Waals surface area contributed by atoms with Crippen LogP contribution in [0.5, 0.6) is 0 Å². The quantitative estimate of drug-likeness (QED) is 0.747. The minimum Gasteiger partial charge on any atom is -0.379 e. The van der Waals surface area contributed by atoms with E-state index in [0.29, 0.717) is 29.9 Å². The zero-order valence-electron chi connectivity index (χ0n) is 14.5. The molecular weight excluding hydrogens is 421 g/mol. The number of nitrogens with two attached hydrogens (primary N) is 1. The van der Waals surface area contributed by atoms with Crippen molar-refractivity contribution in [1.29, 1.82) is 0 Å². The zero-order chi connectivity index (χ0) is 18.7. The summed E-state index contributed by atoms with van der Waals surface area (Å²) in [4.78, 5) is 17.3. The smallest absolute Gasteiger partial charge is 0.253 e. The Labute approximate surface area is 164 Å². The Balaban J connectivity index is 1.91. The number of ether oxygens (including phenoxy) is 1. The first-order valence-electron chi connectivity index (χ1n) is 8.32. The maximum Gasteiger partial charge on any atom is 0.253 e. The van der Waals surface area contributed by atoms with Crippen molar-refractivity contribution < 1.29 is 13.9 Å². The number of amides is 1. The summed E-state index contributed by atoms with van der Waals surface area (Å²) < 4.78 is 20.3. The lowest BCUT2D eigenvalue weighted by atomic mass is 10.1. The van der Waals surface area contributed by atoms with Gasteiger partial charge in [0.05, 0.1) is 30.5 Å². The van der Waals surface area contributed by atoms with E-state index in [1.54, 1.807) is 17.4 Å². The number of carbonyl (C=O) groups is 1. The number of rotatable bonds is 6. The topological polar surface area (TPSA) is 58.8 Å². The second-order valence-corrected chi connectivity index (χ2v) is 8.10. The van der Waals surface area contributed by atoms with Gasteiger partial charge < -0.3 is 15.4 Å². The van der Waals surface area contributed by atoms with Crippen LogP contribution in [0.15, 0.2) is 34.1 Å². The van der Waals surface area contributed by atoms with E-state index in [4.69, 9.17) is 10.5 Å². The number of primary amides is 1. The maximum atomic E-state index is 14.3. The van der Waals surface area contributed by atoms with E-state index in [2.05, 4.69) is 32.3 Å². The zero-order valence-corrected chi connectivity index (χ0v) is 16.9. The minimum absolute atomic E-state index is 0.0809. The number of nitrogens with zero attached hydrogens (tertiary/aromatic N) is 2. The summed E-state index contributed by atoms with van der Waals surface area (Å²) in [5.41, 5.74) is 5.83. The molecule has 8 heteroatoms. The van der Waals surface area contributed by atoms with Crippen LogP contribution in [0.25, 0.3) is 0 Å². The second-order valence-electron chi connectivity index (χ2n) is 6.21. The molecule has 3 rings (SSSR count). The Bertz CT molecular complexity index is 766. The lowest BCUT2D eigenvalue weighted by Gasteiger charge is -2.37. The van der Waals surface area contributed by atoms with E-state index >= 15 is 0 Å². The molecule has 2 N–H and O–H groups in total. The highest BCUT2D eigenvalue weighted by molar-refractivity contribution is 9.10. The van der Waals surface area contributed by atoms with Gasteiger partial charge in [0.15, 0.2) is 0 Å². The Morgan fingerprint density at radius 1 is 1.46 bits per heavy atom. The van der Waals surface area contributed by atoms with Gasteiger partial charge in [-0.15, -0.1) is 11.3 Å².